The Morgan fingerprint density at radius 2 is 2.04 bits per heavy atom. The smallest absolute Gasteiger partial charge is 0.213 e. The van der Waals surface area contributed by atoms with E-state index in [0.717, 1.165) is 22.5 Å². The highest BCUT2D eigenvalue weighted by molar-refractivity contribution is 14.0. The number of nitrogens with one attached hydrogen (secondary N) is 2. The summed E-state index contributed by atoms with van der Waals surface area (Å²) in [5, 5.41) is 18.1. The van der Waals surface area contributed by atoms with Crippen LogP contribution in [-0.2, 0) is 6.54 Å². The molecule has 3 N–H and O–H groups in total. The van der Waals surface area contributed by atoms with Crippen molar-refractivity contribution in [3.8, 4) is 5.88 Å². The molecule has 6 nitrogen and oxygen atoms in total. The van der Waals surface area contributed by atoms with Crippen molar-refractivity contribution in [2.45, 2.75) is 19.6 Å². The van der Waals surface area contributed by atoms with E-state index < -0.39 is 6.10 Å². The van der Waals surface area contributed by atoms with Gasteiger partial charge in [-0.1, -0.05) is 24.3 Å². The monoisotopic (exact) mass is 512 g/mol. The van der Waals surface area contributed by atoms with E-state index in [2.05, 4.69) is 32.7 Å². The van der Waals surface area contributed by atoms with Crippen LogP contribution in [0.3, 0.4) is 0 Å². The van der Waals surface area contributed by atoms with Crippen LogP contribution < -0.4 is 15.4 Å². The summed E-state index contributed by atoms with van der Waals surface area (Å²) in [5.41, 5.74) is 0.816. The Bertz CT molecular complexity index is 883. The number of fused-ring (bicyclic) bond motifs is 1. The molecule has 0 bridgehead atoms. The Kier molecular flexibility index (Phi) is 8.94. The molecule has 0 aliphatic rings. The number of nitrogens with zero attached hydrogens (tertiary/aromatic N) is 2. The Hall–Kier alpha value is -1.91. The number of aliphatic hydroxyl groups excluding tert-OH is 1. The molecule has 0 aliphatic heterocycles. The van der Waals surface area contributed by atoms with Gasteiger partial charge in [0.15, 0.2) is 5.96 Å². The summed E-state index contributed by atoms with van der Waals surface area (Å²) in [6.07, 6.45) is -0.596. The number of aromatic nitrogens is 1. The van der Waals surface area contributed by atoms with Crippen LogP contribution in [0.15, 0.2) is 53.5 Å². The first-order valence-corrected chi connectivity index (χ1v) is 9.70. The molecule has 0 saturated heterocycles. The molecule has 0 saturated carbocycles. The molecule has 0 amide bonds. The van der Waals surface area contributed by atoms with E-state index in [0.29, 0.717) is 24.9 Å². The molecule has 0 spiro atoms. The molecule has 0 radical (unpaired) electrons. The van der Waals surface area contributed by atoms with Crippen LogP contribution in [0.5, 0.6) is 5.88 Å². The highest BCUT2D eigenvalue weighted by Crippen LogP contribution is 2.29. The molecule has 3 rings (SSSR count). The summed E-state index contributed by atoms with van der Waals surface area (Å²) in [6, 6.07) is 15.8. The van der Waals surface area contributed by atoms with Gasteiger partial charge in [0.05, 0.1) is 19.3 Å². The van der Waals surface area contributed by atoms with Crippen LogP contribution in [0.25, 0.3) is 10.1 Å². The highest BCUT2D eigenvalue weighted by Gasteiger charge is 2.12. The number of thiophene rings is 1. The number of aliphatic imine (C=N–C) groups is 1. The van der Waals surface area contributed by atoms with E-state index in [-0.39, 0.29) is 24.0 Å². The predicted octanol–water partition coefficient (Wildman–Crippen LogP) is 3.71. The minimum Gasteiger partial charge on any atom is -0.481 e. The zero-order chi connectivity index (χ0) is 19.1. The molecule has 0 fully saturated rings. The van der Waals surface area contributed by atoms with Crippen molar-refractivity contribution in [3.05, 3.63) is 59.1 Å². The van der Waals surface area contributed by atoms with Crippen molar-refractivity contribution in [1.82, 2.24) is 15.6 Å². The molecule has 28 heavy (non-hydrogen) atoms. The van der Waals surface area contributed by atoms with Gasteiger partial charge in [-0.05, 0) is 30.5 Å². The summed E-state index contributed by atoms with van der Waals surface area (Å²) in [5.74, 6) is 1.21. The number of benzene rings is 1. The molecule has 8 heteroatoms. The van der Waals surface area contributed by atoms with Gasteiger partial charge in [-0.15, -0.1) is 35.3 Å². The number of aliphatic hydroxyl groups is 1. The maximum absolute atomic E-state index is 10.5. The first-order chi connectivity index (χ1) is 13.2. The highest BCUT2D eigenvalue weighted by atomic mass is 127. The second-order valence-corrected chi connectivity index (χ2v) is 7.07. The van der Waals surface area contributed by atoms with Gasteiger partial charge in [-0.2, -0.15) is 0 Å². The second kappa shape index (κ2) is 11.2. The molecule has 150 valence electrons. The third kappa shape index (κ3) is 6.05. The van der Waals surface area contributed by atoms with Gasteiger partial charge < -0.3 is 20.5 Å². The average molecular weight is 512 g/mol. The van der Waals surface area contributed by atoms with Gasteiger partial charge in [0.25, 0.3) is 0 Å². The first-order valence-electron chi connectivity index (χ1n) is 8.88. The summed E-state index contributed by atoms with van der Waals surface area (Å²) < 4.78 is 6.32. The summed E-state index contributed by atoms with van der Waals surface area (Å²) in [6.45, 7) is 3.54. The lowest BCUT2D eigenvalue weighted by molar-refractivity contribution is 0.184. The maximum Gasteiger partial charge on any atom is 0.213 e. The fourth-order valence-electron chi connectivity index (χ4n) is 2.62. The molecule has 3 aromatic rings. The number of ether oxygens (including phenoxy) is 1. The Morgan fingerprint density at radius 1 is 1.21 bits per heavy atom. The molecule has 2 heterocycles. The van der Waals surface area contributed by atoms with Crippen molar-refractivity contribution >= 4 is 51.4 Å². The fraction of sp³-hybridized carbons (Fsp3) is 0.300. The number of hydrogen-bond donors (Lipinski definition) is 3. The summed E-state index contributed by atoms with van der Waals surface area (Å²) in [7, 11) is 1.59. The normalized spacial score (nSPS) is 12.3. The number of guanidine groups is 1. The summed E-state index contributed by atoms with van der Waals surface area (Å²) >= 11 is 1.61. The lowest BCUT2D eigenvalue weighted by Gasteiger charge is -2.14. The first kappa shape index (κ1) is 22.4. The van der Waals surface area contributed by atoms with Gasteiger partial charge in [0.2, 0.25) is 5.88 Å². The number of halogens is 1. The van der Waals surface area contributed by atoms with Crippen LogP contribution >= 0.6 is 35.3 Å². The lowest BCUT2D eigenvalue weighted by atomic mass is 10.2. The molecular weight excluding hydrogens is 487 g/mol. The number of hydrogen-bond acceptors (Lipinski definition) is 5. The van der Waals surface area contributed by atoms with Crippen LogP contribution in [-0.4, -0.2) is 36.2 Å². The number of pyridine rings is 1. The molecule has 1 aromatic carbocycles. The Morgan fingerprint density at radius 3 is 2.79 bits per heavy atom. The molecule has 1 unspecified atom stereocenters. The molecule has 2 aromatic heterocycles. The standard InChI is InChI=1S/C20H24N4O2S.HI/c1-3-21-20(22-12-15-8-6-10-19(24-15)26-2)23-13-16(25)18-11-14-7-4-5-9-17(14)27-18;/h4-11,16,25H,3,12-13H2,1-2H3,(H2,21,22,23);1H. The minimum absolute atomic E-state index is 0. The van der Waals surface area contributed by atoms with E-state index in [1.165, 1.54) is 4.70 Å². The van der Waals surface area contributed by atoms with Crippen molar-refractivity contribution in [1.29, 1.82) is 0 Å². The van der Waals surface area contributed by atoms with Crippen LogP contribution in [0, 0.1) is 0 Å². The van der Waals surface area contributed by atoms with Crippen molar-refractivity contribution in [2.75, 3.05) is 20.2 Å². The third-order valence-electron chi connectivity index (χ3n) is 3.97. The van der Waals surface area contributed by atoms with Gasteiger partial charge in [0.1, 0.15) is 6.10 Å². The quantitative estimate of drug-likeness (QED) is 0.256. The molecule has 1 atom stereocenters. The van der Waals surface area contributed by atoms with Crippen LogP contribution in [0.4, 0.5) is 0 Å². The van der Waals surface area contributed by atoms with Gasteiger partial charge in [-0.25, -0.2) is 9.98 Å². The fourth-order valence-corrected chi connectivity index (χ4v) is 3.67. The number of rotatable bonds is 7. The van der Waals surface area contributed by atoms with Crippen LogP contribution in [0.1, 0.15) is 23.6 Å². The second-order valence-electron chi connectivity index (χ2n) is 5.95. The zero-order valence-electron chi connectivity index (χ0n) is 15.9. The van der Waals surface area contributed by atoms with E-state index in [4.69, 9.17) is 4.74 Å². The predicted molar refractivity (Wildman–Crippen MR) is 126 cm³/mol. The van der Waals surface area contributed by atoms with Gasteiger partial charge >= 0.3 is 0 Å². The van der Waals surface area contributed by atoms with Gasteiger partial charge in [-0.3, -0.25) is 0 Å². The van der Waals surface area contributed by atoms with E-state index in [9.17, 15) is 5.11 Å². The van der Waals surface area contributed by atoms with Gasteiger partial charge in [0, 0.05) is 28.7 Å². The van der Waals surface area contributed by atoms with Crippen LogP contribution in [0.2, 0.25) is 0 Å². The minimum atomic E-state index is -0.596. The van der Waals surface area contributed by atoms with E-state index >= 15 is 0 Å². The number of methoxy groups -OCH3 is 1. The largest absolute Gasteiger partial charge is 0.481 e. The maximum atomic E-state index is 10.5. The molecular formula is C20H25IN4O2S. The Balaban J connectivity index is 0.00000280. The Labute approximate surface area is 186 Å². The third-order valence-corrected chi connectivity index (χ3v) is 5.19. The van der Waals surface area contributed by atoms with E-state index in [1.807, 2.05) is 37.3 Å². The van der Waals surface area contributed by atoms with Crippen molar-refractivity contribution < 1.29 is 9.84 Å². The molecule has 0 aliphatic carbocycles. The zero-order valence-corrected chi connectivity index (χ0v) is 19.0. The van der Waals surface area contributed by atoms with E-state index in [1.54, 1.807) is 24.5 Å². The van der Waals surface area contributed by atoms with Crippen molar-refractivity contribution in [2.24, 2.45) is 4.99 Å². The topological polar surface area (TPSA) is 78.8 Å². The average Bonchev–Trinajstić information content (AvgIpc) is 3.14. The SMILES string of the molecule is CCNC(=NCc1cccc(OC)n1)NCC(O)c1cc2ccccc2s1.I. The summed E-state index contributed by atoms with van der Waals surface area (Å²) in [4.78, 5) is 9.83. The lowest BCUT2D eigenvalue weighted by Crippen LogP contribution is -2.39. The van der Waals surface area contributed by atoms with Crippen molar-refractivity contribution in [3.63, 3.8) is 0 Å².